The summed E-state index contributed by atoms with van der Waals surface area (Å²) < 4.78 is 15.8. The van der Waals surface area contributed by atoms with Gasteiger partial charge in [0.25, 0.3) is 11.8 Å². The molecule has 2 aromatic carbocycles. The number of fused-ring (bicyclic) bond motifs is 1. The van der Waals surface area contributed by atoms with E-state index in [1.165, 1.54) is 6.92 Å². The Hall–Kier alpha value is -3.55. The molecule has 1 aliphatic heterocycles. The van der Waals surface area contributed by atoms with Gasteiger partial charge in [0.15, 0.2) is 18.1 Å². The monoisotopic (exact) mass is 426 g/mol. The van der Waals surface area contributed by atoms with Crippen molar-refractivity contribution in [1.82, 2.24) is 10.2 Å². The SMILES string of the molecule is COc1cc2c(cc1OC)CN(C(=O)COC(=O)[C@H](C)NC(=O)c1ccccc1)CC2. The van der Waals surface area contributed by atoms with Gasteiger partial charge >= 0.3 is 5.97 Å². The number of carbonyl (C=O) groups is 3. The van der Waals surface area contributed by atoms with Gasteiger partial charge in [0.1, 0.15) is 6.04 Å². The van der Waals surface area contributed by atoms with Crippen LogP contribution in [0, 0.1) is 0 Å². The van der Waals surface area contributed by atoms with E-state index in [0.717, 1.165) is 11.1 Å². The molecule has 0 aliphatic carbocycles. The van der Waals surface area contributed by atoms with Crippen LogP contribution < -0.4 is 14.8 Å². The van der Waals surface area contributed by atoms with Crippen LogP contribution in [-0.4, -0.2) is 56.1 Å². The van der Waals surface area contributed by atoms with E-state index < -0.39 is 12.0 Å². The van der Waals surface area contributed by atoms with E-state index in [1.54, 1.807) is 49.5 Å². The molecule has 2 aromatic rings. The molecule has 0 spiro atoms. The fourth-order valence-electron chi connectivity index (χ4n) is 3.37. The zero-order valence-corrected chi connectivity index (χ0v) is 17.8. The van der Waals surface area contributed by atoms with E-state index in [2.05, 4.69) is 5.32 Å². The fourth-order valence-corrected chi connectivity index (χ4v) is 3.37. The maximum atomic E-state index is 12.6. The van der Waals surface area contributed by atoms with Crippen molar-refractivity contribution in [2.24, 2.45) is 0 Å². The summed E-state index contributed by atoms with van der Waals surface area (Å²) in [4.78, 5) is 38.6. The maximum absolute atomic E-state index is 12.6. The lowest BCUT2D eigenvalue weighted by Gasteiger charge is -2.29. The quantitative estimate of drug-likeness (QED) is 0.680. The predicted molar refractivity (Wildman–Crippen MR) is 113 cm³/mol. The lowest BCUT2D eigenvalue weighted by molar-refractivity contribution is -0.153. The van der Waals surface area contributed by atoms with Gasteiger partial charge < -0.3 is 24.4 Å². The lowest BCUT2D eigenvalue weighted by Crippen LogP contribution is -2.42. The number of nitrogens with zero attached hydrogens (tertiary/aromatic N) is 1. The Labute approximate surface area is 181 Å². The Bertz CT molecular complexity index is 960. The van der Waals surface area contributed by atoms with E-state index in [-0.39, 0.29) is 18.4 Å². The molecule has 1 heterocycles. The number of amides is 2. The van der Waals surface area contributed by atoms with Crippen LogP contribution in [0.25, 0.3) is 0 Å². The van der Waals surface area contributed by atoms with E-state index in [1.807, 2.05) is 12.1 Å². The van der Waals surface area contributed by atoms with E-state index in [4.69, 9.17) is 14.2 Å². The van der Waals surface area contributed by atoms with Gasteiger partial charge in [-0.1, -0.05) is 18.2 Å². The highest BCUT2D eigenvalue weighted by molar-refractivity contribution is 5.96. The molecule has 164 valence electrons. The Kier molecular flexibility index (Phi) is 7.12. The molecule has 0 aromatic heterocycles. The molecular weight excluding hydrogens is 400 g/mol. The molecular formula is C23H26N2O6. The minimum absolute atomic E-state index is 0.296. The van der Waals surface area contributed by atoms with Crippen molar-refractivity contribution in [2.75, 3.05) is 27.4 Å². The number of carbonyl (C=O) groups excluding carboxylic acids is 3. The summed E-state index contributed by atoms with van der Waals surface area (Å²) in [7, 11) is 3.15. The largest absolute Gasteiger partial charge is 0.493 e. The maximum Gasteiger partial charge on any atom is 0.328 e. The van der Waals surface area contributed by atoms with Gasteiger partial charge in [-0.05, 0) is 48.7 Å². The van der Waals surface area contributed by atoms with Crippen LogP contribution in [0.1, 0.15) is 28.4 Å². The molecule has 1 atom stereocenters. The van der Waals surface area contributed by atoms with E-state index >= 15 is 0 Å². The van der Waals surface area contributed by atoms with Gasteiger partial charge in [-0.15, -0.1) is 0 Å². The number of benzene rings is 2. The zero-order valence-electron chi connectivity index (χ0n) is 17.8. The van der Waals surface area contributed by atoms with Crippen molar-refractivity contribution in [3.63, 3.8) is 0 Å². The molecule has 8 heteroatoms. The summed E-state index contributed by atoms with van der Waals surface area (Å²) in [6.07, 6.45) is 0.666. The van der Waals surface area contributed by atoms with Crippen LogP contribution >= 0.6 is 0 Å². The van der Waals surface area contributed by atoms with Crippen LogP contribution in [0.3, 0.4) is 0 Å². The Balaban J connectivity index is 1.53. The molecule has 31 heavy (non-hydrogen) atoms. The first kappa shape index (κ1) is 22.1. The minimum Gasteiger partial charge on any atom is -0.493 e. The van der Waals surface area contributed by atoms with Crippen molar-refractivity contribution < 1.29 is 28.6 Å². The number of hydrogen-bond donors (Lipinski definition) is 1. The molecule has 3 rings (SSSR count). The van der Waals surface area contributed by atoms with Crippen LogP contribution in [0.4, 0.5) is 0 Å². The van der Waals surface area contributed by atoms with E-state index in [0.29, 0.717) is 36.6 Å². The number of rotatable bonds is 7. The van der Waals surface area contributed by atoms with Gasteiger partial charge in [0, 0.05) is 18.7 Å². The van der Waals surface area contributed by atoms with Crippen molar-refractivity contribution in [3.05, 3.63) is 59.2 Å². The third kappa shape index (κ3) is 5.33. The zero-order chi connectivity index (χ0) is 22.4. The molecule has 1 N–H and O–H groups in total. The first-order valence-corrected chi connectivity index (χ1v) is 9.97. The van der Waals surface area contributed by atoms with Crippen LogP contribution in [0.15, 0.2) is 42.5 Å². The van der Waals surface area contributed by atoms with Crippen molar-refractivity contribution in [2.45, 2.75) is 25.9 Å². The molecule has 0 fully saturated rings. The molecule has 8 nitrogen and oxygen atoms in total. The summed E-state index contributed by atoms with van der Waals surface area (Å²) in [5.41, 5.74) is 2.50. The summed E-state index contributed by atoms with van der Waals surface area (Å²) in [5, 5.41) is 2.57. The Morgan fingerprint density at radius 2 is 1.68 bits per heavy atom. The van der Waals surface area contributed by atoms with Gasteiger partial charge in [-0.3, -0.25) is 9.59 Å². The predicted octanol–water partition coefficient (Wildman–Crippen LogP) is 1.95. The normalized spacial score (nSPS) is 13.6. The molecule has 0 saturated heterocycles. The standard InChI is InChI=1S/C23H26N2O6/c1-15(24-22(27)16-7-5-4-6-8-16)23(28)31-14-21(26)25-10-9-17-11-19(29-2)20(30-3)12-18(17)13-25/h4-8,11-12,15H,9-10,13-14H2,1-3H3,(H,24,27)/t15-/m0/s1. The first-order chi connectivity index (χ1) is 14.9. The van der Waals surface area contributed by atoms with Crippen LogP contribution in [0.5, 0.6) is 11.5 Å². The van der Waals surface area contributed by atoms with Gasteiger partial charge in [0.05, 0.1) is 14.2 Å². The van der Waals surface area contributed by atoms with Crippen LogP contribution in [-0.2, 0) is 27.3 Å². The topological polar surface area (TPSA) is 94.2 Å². The second-order valence-electron chi connectivity index (χ2n) is 7.21. The number of nitrogens with one attached hydrogen (secondary N) is 1. The van der Waals surface area contributed by atoms with Crippen molar-refractivity contribution >= 4 is 17.8 Å². The number of ether oxygens (including phenoxy) is 3. The molecule has 0 unspecified atom stereocenters. The average Bonchev–Trinajstić information content (AvgIpc) is 2.81. The summed E-state index contributed by atoms with van der Waals surface area (Å²) in [6, 6.07) is 11.5. The molecule has 1 aliphatic rings. The van der Waals surface area contributed by atoms with Gasteiger partial charge in [-0.2, -0.15) is 0 Å². The summed E-state index contributed by atoms with van der Waals surface area (Å²) in [6.45, 7) is 2.04. The molecule has 0 radical (unpaired) electrons. The fraction of sp³-hybridized carbons (Fsp3) is 0.348. The third-order valence-electron chi connectivity index (χ3n) is 5.15. The summed E-state index contributed by atoms with van der Waals surface area (Å²) in [5.74, 6) is -0.0864. The second kappa shape index (κ2) is 9.97. The first-order valence-electron chi connectivity index (χ1n) is 9.97. The van der Waals surface area contributed by atoms with Crippen molar-refractivity contribution in [1.29, 1.82) is 0 Å². The molecule has 0 saturated carbocycles. The molecule has 0 bridgehead atoms. The number of esters is 1. The smallest absolute Gasteiger partial charge is 0.328 e. The van der Waals surface area contributed by atoms with Gasteiger partial charge in [0.2, 0.25) is 0 Å². The summed E-state index contributed by atoms with van der Waals surface area (Å²) >= 11 is 0. The minimum atomic E-state index is -0.876. The van der Waals surface area contributed by atoms with Crippen LogP contribution in [0.2, 0.25) is 0 Å². The highest BCUT2D eigenvalue weighted by Gasteiger charge is 2.25. The van der Waals surface area contributed by atoms with E-state index in [9.17, 15) is 14.4 Å². The van der Waals surface area contributed by atoms with Crippen molar-refractivity contribution in [3.8, 4) is 11.5 Å². The third-order valence-corrected chi connectivity index (χ3v) is 5.15. The lowest BCUT2D eigenvalue weighted by atomic mass is 9.99. The Morgan fingerprint density at radius 1 is 1.03 bits per heavy atom. The molecule has 2 amide bonds. The highest BCUT2D eigenvalue weighted by Crippen LogP contribution is 2.33. The Morgan fingerprint density at radius 3 is 2.32 bits per heavy atom. The highest BCUT2D eigenvalue weighted by atomic mass is 16.5. The van der Waals surface area contributed by atoms with Gasteiger partial charge in [-0.25, -0.2) is 4.79 Å². The number of methoxy groups -OCH3 is 2. The second-order valence-corrected chi connectivity index (χ2v) is 7.21. The average molecular weight is 426 g/mol. The number of hydrogen-bond acceptors (Lipinski definition) is 6.